The number of rotatable bonds is 3. The molecule has 2 atom stereocenters. The van der Waals surface area contributed by atoms with E-state index in [1.807, 2.05) is 0 Å². The summed E-state index contributed by atoms with van der Waals surface area (Å²) in [6, 6.07) is 0.138. The van der Waals surface area contributed by atoms with Crippen LogP contribution < -0.4 is 16.0 Å². The number of hydrogen-bond donors (Lipinski definition) is 3. The Morgan fingerprint density at radius 3 is 3.00 bits per heavy atom. The summed E-state index contributed by atoms with van der Waals surface area (Å²) in [4.78, 5) is 11.7. The number of carbonyl (C=O) groups is 1. The summed E-state index contributed by atoms with van der Waals surface area (Å²) in [7, 11) is 0. The maximum atomic E-state index is 11.7. The molecule has 5 nitrogen and oxygen atoms in total. The van der Waals surface area contributed by atoms with E-state index >= 15 is 0 Å². The van der Waals surface area contributed by atoms with Gasteiger partial charge in [-0.2, -0.15) is 0 Å². The Morgan fingerprint density at radius 1 is 1.35 bits per heavy atom. The molecule has 0 aliphatic carbocycles. The number of amides is 2. The van der Waals surface area contributed by atoms with Crippen molar-refractivity contribution in [1.82, 2.24) is 16.0 Å². The summed E-state index contributed by atoms with van der Waals surface area (Å²) in [5.41, 5.74) is 0. The first-order valence-electron chi connectivity index (χ1n) is 6.67. The molecule has 2 rings (SSSR count). The van der Waals surface area contributed by atoms with Gasteiger partial charge in [0.1, 0.15) is 0 Å². The van der Waals surface area contributed by atoms with Crippen molar-refractivity contribution in [1.29, 1.82) is 0 Å². The van der Waals surface area contributed by atoms with E-state index in [4.69, 9.17) is 4.74 Å². The van der Waals surface area contributed by atoms with E-state index in [9.17, 15) is 4.79 Å². The number of ether oxygens (including phenoxy) is 1. The average Bonchev–Trinajstić information content (AvgIpc) is 2.39. The van der Waals surface area contributed by atoms with E-state index in [-0.39, 0.29) is 12.1 Å². The molecule has 0 aromatic carbocycles. The predicted molar refractivity (Wildman–Crippen MR) is 66.0 cm³/mol. The Labute approximate surface area is 103 Å². The van der Waals surface area contributed by atoms with Gasteiger partial charge in [-0.25, -0.2) is 4.79 Å². The van der Waals surface area contributed by atoms with Crippen LogP contribution in [0.3, 0.4) is 0 Å². The van der Waals surface area contributed by atoms with Crippen molar-refractivity contribution in [3.63, 3.8) is 0 Å². The Morgan fingerprint density at radius 2 is 2.29 bits per heavy atom. The van der Waals surface area contributed by atoms with Crippen LogP contribution in [0, 0.1) is 5.92 Å². The van der Waals surface area contributed by atoms with E-state index in [2.05, 4.69) is 16.0 Å². The van der Waals surface area contributed by atoms with E-state index in [0.717, 1.165) is 39.1 Å². The lowest BCUT2D eigenvalue weighted by Gasteiger charge is -2.25. The highest BCUT2D eigenvalue weighted by atomic mass is 16.5. The number of hydrogen-bond acceptors (Lipinski definition) is 3. The number of nitrogens with one attached hydrogen (secondary N) is 3. The first kappa shape index (κ1) is 12.6. The number of piperidine rings is 1. The van der Waals surface area contributed by atoms with Crippen molar-refractivity contribution in [2.75, 3.05) is 32.8 Å². The lowest BCUT2D eigenvalue weighted by atomic mass is 10.00. The highest BCUT2D eigenvalue weighted by Gasteiger charge is 2.17. The molecule has 2 amide bonds. The quantitative estimate of drug-likeness (QED) is 0.673. The van der Waals surface area contributed by atoms with E-state index in [1.54, 1.807) is 0 Å². The van der Waals surface area contributed by atoms with Crippen LogP contribution >= 0.6 is 0 Å². The Hall–Kier alpha value is -0.810. The molecule has 0 aromatic heterocycles. The Kier molecular flexibility index (Phi) is 5.07. The van der Waals surface area contributed by atoms with Crippen LogP contribution in [0.4, 0.5) is 4.79 Å². The zero-order valence-corrected chi connectivity index (χ0v) is 10.3. The molecule has 98 valence electrons. The van der Waals surface area contributed by atoms with Crippen molar-refractivity contribution in [3.8, 4) is 0 Å². The van der Waals surface area contributed by atoms with E-state index in [0.29, 0.717) is 12.5 Å². The fourth-order valence-corrected chi connectivity index (χ4v) is 2.43. The number of urea groups is 1. The van der Waals surface area contributed by atoms with Gasteiger partial charge < -0.3 is 20.7 Å². The van der Waals surface area contributed by atoms with Gasteiger partial charge in [0.25, 0.3) is 0 Å². The molecule has 2 saturated heterocycles. The van der Waals surface area contributed by atoms with Crippen molar-refractivity contribution >= 4 is 6.03 Å². The fraction of sp³-hybridized carbons (Fsp3) is 0.917. The average molecular weight is 241 g/mol. The van der Waals surface area contributed by atoms with E-state index < -0.39 is 0 Å². The lowest BCUT2D eigenvalue weighted by Crippen LogP contribution is -2.47. The summed E-state index contributed by atoms with van der Waals surface area (Å²) in [6.45, 7) is 4.38. The van der Waals surface area contributed by atoms with Gasteiger partial charge >= 0.3 is 6.03 Å². The molecule has 17 heavy (non-hydrogen) atoms. The zero-order valence-electron chi connectivity index (χ0n) is 10.3. The van der Waals surface area contributed by atoms with Crippen LogP contribution in [0.2, 0.25) is 0 Å². The van der Waals surface area contributed by atoms with Crippen LogP contribution in [0.25, 0.3) is 0 Å². The molecule has 3 N–H and O–H groups in total. The van der Waals surface area contributed by atoms with Crippen molar-refractivity contribution in [2.45, 2.75) is 31.7 Å². The molecule has 2 unspecified atom stereocenters. The van der Waals surface area contributed by atoms with E-state index in [1.165, 1.54) is 12.8 Å². The second kappa shape index (κ2) is 6.81. The molecule has 2 aliphatic rings. The Balaban J connectivity index is 1.59. The van der Waals surface area contributed by atoms with Crippen molar-refractivity contribution < 1.29 is 9.53 Å². The second-order valence-corrected chi connectivity index (χ2v) is 4.98. The standard InChI is InChI=1S/C12H23N3O2/c16-12(15-11-4-2-6-17-9-11)14-8-10-3-1-5-13-7-10/h10-11,13H,1-9H2,(H2,14,15,16). The second-order valence-electron chi connectivity index (χ2n) is 4.98. The predicted octanol–water partition coefficient (Wildman–Crippen LogP) is 0.464. The van der Waals surface area contributed by atoms with Gasteiger partial charge in [-0.1, -0.05) is 0 Å². The summed E-state index contributed by atoms with van der Waals surface area (Å²) in [5.74, 6) is 0.581. The van der Waals surface area contributed by atoms with Gasteiger partial charge in [0, 0.05) is 13.2 Å². The van der Waals surface area contributed by atoms with Crippen LogP contribution in [-0.2, 0) is 4.74 Å². The fourth-order valence-electron chi connectivity index (χ4n) is 2.43. The molecule has 2 heterocycles. The van der Waals surface area contributed by atoms with Gasteiger partial charge in [-0.15, -0.1) is 0 Å². The lowest BCUT2D eigenvalue weighted by molar-refractivity contribution is 0.0731. The summed E-state index contributed by atoms with van der Waals surface area (Å²) in [6.07, 6.45) is 4.49. The molecule has 0 aromatic rings. The third-order valence-electron chi connectivity index (χ3n) is 3.45. The minimum Gasteiger partial charge on any atom is -0.379 e. The van der Waals surface area contributed by atoms with Gasteiger partial charge in [-0.3, -0.25) is 0 Å². The summed E-state index contributed by atoms with van der Waals surface area (Å²) < 4.78 is 5.32. The molecule has 2 aliphatic heterocycles. The molecule has 0 radical (unpaired) electrons. The third-order valence-corrected chi connectivity index (χ3v) is 3.45. The van der Waals surface area contributed by atoms with Gasteiger partial charge in [0.15, 0.2) is 0 Å². The Bertz CT molecular complexity index is 236. The maximum Gasteiger partial charge on any atom is 0.315 e. The normalized spacial score (nSPS) is 29.6. The number of carbonyl (C=O) groups excluding carboxylic acids is 1. The van der Waals surface area contributed by atoms with Crippen LogP contribution in [0.1, 0.15) is 25.7 Å². The monoisotopic (exact) mass is 241 g/mol. The van der Waals surface area contributed by atoms with Crippen LogP contribution in [-0.4, -0.2) is 44.9 Å². The smallest absolute Gasteiger partial charge is 0.315 e. The molecule has 0 spiro atoms. The van der Waals surface area contributed by atoms with Crippen molar-refractivity contribution in [3.05, 3.63) is 0 Å². The zero-order chi connectivity index (χ0) is 11.9. The van der Waals surface area contributed by atoms with Crippen LogP contribution in [0.15, 0.2) is 0 Å². The molecular formula is C12H23N3O2. The molecule has 5 heteroatoms. The first-order valence-corrected chi connectivity index (χ1v) is 6.67. The molecular weight excluding hydrogens is 218 g/mol. The molecule has 2 fully saturated rings. The summed E-state index contributed by atoms with van der Waals surface area (Å²) >= 11 is 0. The molecule has 0 bridgehead atoms. The van der Waals surface area contributed by atoms with Crippen molar-refractivity contribution in [2.24, 2.45) is 5.92 Å². The van der Waals surface area contributed by atoms with Gasteiger partial charge in [-0.05, 0) is 44.7 Å². The highest BCUT2D eigenvalue weighted by molar-refractivity contribution is 5.74. The summed E-state index contributed by atoms with van der Waals surface area (Å²) in [5, 5.41) is 9.27. The minimum atomic E-state index is -0.0499. The topological polar surface area (TPSA) is 62.4 Å². The van der Waals surface area contributed by atoms with Crippen LogP contribution in [0.5, 0.6) is 0 Å². The highest BCUT2D eigenvalue weighted by Crippen LogP contribution is 2.08. The SMILES string of the molecule is O=C(NCC1CCCNC1)NC1CCCOC1. The first-order chi connectivity index (χ1) is 8.34. The minimum absolute atomic E-state index is 0.0499. The van der Waals surface area contributed by atoms with Gasteiger partial charge in [0.05, 0.1) is 12.6 Å². The third kappa shape index (κ3) is 4.52. The largest absolute Gasteiger partial charge is 0.379 e. The maximum absolute atomic E-state index is 11.7. The molecule has 0 saturated carbocycles. The van der Waals surface area contributed by atoms with Gasteiger partial charge in [0.2, 0.25) is 0 Å².